The normalized spacial score (nSPS) is 11.0. The molecule has 0 saturated carbocycles. The molecule has 0 atom stereocenters. The quantitative estimate of drug-likeness (QED) is 0.521. The molecule has 3 rings (SSSR count). The van der Waals surface area contributed by atoms with Gasteiger partial charge in [0.05, 0.1) is 21.0 Å². The Kier molecular flexibility index (Phi) is 6.09. The number of aryl methyl sites for hydroxylation is 1. The summed E-state index contributed by atoms with van der Waals surface area (Å²) in [4.78, 5) is 23.5. The molecule has 30 heavy (non-hydrogen) atoms. The highest BCUT2D eigenvalue weighted by Crippen LogP contribution is 2.24. The summed E-state index contributed by atoms with van der Waals surface area (Å²) >= 11 is 6.11. The number of rotatable bonds is 6. The highest BCUT2D eigenvalue weighted by Gasteiger charge is 2.19. The van der Waals surface area contributed by atoms with Crippen LogP contribution < -0.4 is 10.0 Å². The van der Waals surface area contributed by atoms with E-state index in [9.17, 15) is 18.0 Å². The molecule has 0 saturated heterocycles. The summed E-state index contributed by atoms with van der Waals surface area (Å²) in [7, 11) is -4.09. The van der Waals surface area contributed by atoms with Crippen molar-refractivity contribution in [1.82, 2.24) is 0 Å². The zero-order chi connectivity index (χ0) is 21.9. The Morgan fingerprint density at radius 2 is 1.63 bits per heavy atom. The number of halogens is 1. The number of carboxylic acids is 1. The van der Waals surface area contributed by atoms with E-state index in [1.165, 1.54) is 36.4 Å². The van der Waals surface area contributed by atoms with Crippen molar-refractivity contribution in [2.45, 2.75) is 11.8 Å². The van der Waals surface area contributed by atoms with Crippen molar-refractivity contribution in [2.75, 3.05) is 10.0 Å². The first-order valence-electron chi connectivity index (χ1n) is 8.69. The Bertz CT molecular complexity index is 1220. The Balaban J connectivity index is 1.87. The van der Waals surface area contributed by atoms with E-state index in [1.807, 2.05) is 19.1 Å². The maximum absolute atomic E-state index is 12.7. The maximum Gasteiger partial charge on any atom is 0.335 e. The number of amides is 1. The van der Waals surface area contributed by atoms with Crippen LogP contribution in [0.5, 0.6) is 0 Å². The topological polar surface area (TPSA) is 113 Å². The first-order chi connectivity index (χ1) is 14.2. The fraction of sp³-hybridized carbons (Fsp3) is 0.0476. The molecule has 154 valence electrons. The number of carbonyl (C=O) groups excluding carboxylic acids is 1. The Labute approximate surface area is 178 Å². The Morgan fingerprint density at radius 3 is 2.30 bits per heavy atom. The number of anilines is 2. The lowest BCUT2D eigenvalue weighted by atomic mass is 10.2. The minimum Gasteiger partial charge on any atom is -0.478 e. The number of benzene rings is 3. The van der Waals surface area contributed by atoms with Gasteiger partial charge in [0.15, 0.2) is 0 Å². The van der Waals surface area contributed by atoms with Crippen molar-refractivity contribution in [2.24, 2.45) is 0 Å². The van der Waals surface area contributed by atoms with Gasteiger partial charge in [-0.05, 0) is 55.5 Å². The zero-order valence-corrected chi connectivity index (χ0v) is 17.3. The number of aromatic carboxylic acids is 1. The monoisotopic (exact) mass is 444 g/mol. The van der Waals surface area contributed by atoms with Crippen LogP contribution in [0.25, 0.3) is 0 Å². The highest BCUT2D eigenvalue weighted by molar-refractivity contribution is 7.92. The van der Waals surface area contributed by atoms with Gasteiger partial charge in [0.25, 0.3) is 15.9 Å². The molecule has 3 aromatic carbocycles. The predicted octanol–water partition coefficient (Wildman–Crippen LogP) is 4.40. The lowest BCUT2D eigenvalue weighted by Gasteiger charge is -2.11. The van der Waals surface area contributed by atoms with Crippen LogP contribution in [0.2, 0.25) is 5.02 Å². The van der Waals surface area contributed by atoms with E-state index in [0.717, 1.165) is 11.6 Å². The molecular formula is C21H17ClN2O5S. The largest absolute Gasteiger partial charge is 0.478 e. The van der Waals surface area contributed by atoms with E-state index >= 15 is 0 Å². The number of hydrogen-bond acceptors (Lipinski definition) is 4. The molecule has 0 radical (unpaired) electrons. The smallest absolute Gasteiger partial charge is 0.335 e. The van der Waals surface area contributed by atoms with E-state index < -0.39 is 21.9 Å². The average Bonchev–Trinajstić information content (AvgIpc) is 2.69. The molecule has 0 aliphatic rings. The van der Waals surface area contributed by atoms with Crippen molar-refractivity contribution in [3.8, 4) is 0 Å². The number of sulfonamides is 1. The summed E-state index contributed by atoms with van der Waals surface area (Å²) in [5.74, 6) is -1.74. The second kappa shape index (κ2) is 8.56. The molecule has 0 aromatic heterocycles. The van der Waals surface area contributed by atoms with Crippen LogP contribution in [0.4, 0.5) is 11.4 Å². The molecule has 1 amide bonds. The standard InChI is InChI=1S/C21H17ClN2O5S/c1-13-5-7-15(8-6-13)23-20(25)18-12-17(9-10-19(18)22)30(28,29)24-16-4-2-3-14(11-16)21(26)27/h2-12,24H,1H3,(H,23,25)(H,26,27). The second-order valence-electron chi connectivity index (χ2n) is 6.45. The predicted molar refractivity (Wildman–Crippen MR) is 115 cm³/mol. The van der Waals surface area contributed by atoms with Gasteiger partial charge in [0.1, 0.15) is 0 Å². The lowest BCUT2D eigenvalue weighted by Crippen LogP contribution is -2.16. The van der Waals surface area contributed by atoms with Crippen molar-refractivity contribution in [3.05, 3.63) is 88.4 Å². The average molecular weight is 445 g/mol. The molecule has 0 aliphatic heterocycles. The van der Waals surface area contributed by atoms with Crippen LogP contribution in [-0.4, -0.2) is 25.4 Å². The van der Waals surface area contributed by atoms with Crippen molar-refractivity contribution < 1.29 is 23.1 Å². The summed E-state index contributed by atoms with van der Waals surface area (Å²) in [6, 6.07) is 16.2. The van der Waals surface area contributed by atoms with Gasteiger partial charge in [-0.2, -0.15) is 0 Å². The van der Waals surface area contributed by atoms with Crippen LogP contribution in [0.15, 0.2) is 71.6 Å². The Morgan fingerprint density at radius 1 is 0.933 bits per heavy atom. The molecule has 7 nitrogen and oxygen atoms in total. The van der Waals surface area contributed by atoms with Gasteiger partial charge >= 0.3 is 5.97 Å². The summed E-state index contributed by atoms with van der Waals surface area (Å²) in [6.07, 6.45) is 0. The van der Waals surface area contributed by atoms with E-state index in [4.69, 9.17) is 16.7 Å². The minimum atomic E-state index is -4.09. The summed E-state index contributed by atoms with van der Waals surface area (Å²) in [5, 5.41) is 11.8. The summed E-state index contributed by atoms with van der Waals surface area (Å²) in [5.41, 5.74) is 1.56. The number of carbonyl (C=O) groups is 2. The van der Waals surface area contributed by atoms with Gasteiger partial charge in [-0.1, -0.05) is 35.4 Å². The second-order valence-corrected chi connectivity index (χ2v) is 8.54. The minimum absolute atomic E-state index is 0.0144. The first kappa shape index (κ1) is 21.4. The summed E-state index contributed by atoms with van der Waals surface area (Å²) in [6.45, 7) is 1.91. The summed E-state index contributed by atoms with van der Waals surface area (Å²) < 4.78 is 27.8. The van der Waals surface area contributed by atoms with Crippen LogP contribution in [0.3, 0.4) is 0 Å². The molecule has 0 heterocycles. The third-order valence-corrected chi connectivity index (χ3v) is 5.87. The number of carboxylic acid groups (broad SMARTS) is 1. The zero-order valence-electron chi connectivity index (χ0n) is 15.7. The number of hydrogen-bond donors (Lipinski definition) is 3. The molecule has 3 N–H and O–H groups in total. The molecular weight excluding hydrogens is 428 g/mol. The molecule has 3 aromatic rings. The van der Waals surface area contributed by atoms with E-state index in [1.54, 1.807) is 12.1 Å². The van der Waals surface area contributed by atoms with E-state index in [2.05, 4.69) is 10.0 Å². The Hall–Kier alpha value is -3.36. The maximum atomic E-state index is 12.7. The van der Waals surface area contributed by atoms with Gasteiger partial charge in [0.2, 0.25) is 0 Å². The van der Waals surface area contributed by atoms with E-state index in [-0.39, 0.29) is 26.7 Å². The van der Waals surface area contributed by atoms with Crippen molar-refractivity contribution >= 4 is 44.9 Å². The van der Waals surface area contributed by atoms with Crippen LogP contribution in [-0.2, 0) is 10.0 Å². The van der Waals surface area contributed by atoms with Crippen molar-refractivity contribution in [1.29, 1.82) is 0 Å². The first-order valence-corrected chi connectivity index (χ1v) is 10.6. The molecule has 0 spiro atoms. The number of nitrogens with one attached hydrogen (secondary N) is 2. The van der Waals surface area contributed by atoms with Gasteiger partial charge in [-0.25, -0.2) is 13.2 Å². The van der Waals surface area contributed by atoms with Gasteiger partial charge in [-0.3, -0.25) is 9.52 Å². The van der Waals surface area contributed by atoms with Crippen LogP contribution >= 0.6 is 11.6 Å². The SMILES string of the molecule is Cc1ccc(NC(=O)c2cc(S(=O)(=O)Nc3cccc(C(=O)O)c3)ccc2Cl)cc1. The van der Waals surface area contributed by atoms with Gasteiger partial charge in [0, 0.05) is 11.4 Å². The third kappa shape index (κ3) is 4.97. The van der Waals surface area contributed by atoms with Crippen LogP contribution in [0, 0.1) is 6.92 Å². The molecule has 0 fully saturated rings. The lowest BCUT2D eigenvalue weighted by molar-refractivity contribution is 0.0696. The van der Waals surface area contributed by atoms with Gasteiger partial charge < -0.3 is 10.4 Å². The molecule has 0 unspecified atom stereocenters. The van der Waals surface area contributed by atoms with Gasteiger partial charge in [-0.15, -0.1) is 0 Å². The van der Waals surface area contributed by atoms with Crippen molar-refractivity contribution in [3.63, 3.8) is 0 Å². The molecule has 9 heteroatoms. The fourth-order valence-corrected chi connectivity index (χ4v) is 3.89. The van der Waals surface area contributed by atoms with E-state index in [0.29, 0.717) is 5.69 Å². The molecule has 0 bridgehead atoms. The van der Waals surface area contributed by atoms with Crippen LogP contribution in [0.1, 0.15) is 26.3 Å². The fourth-order valence-electron chi connectivity index (χ4n) is 2.61. The molecule has 0 aliphatic carbocycles. The highest BCUT2D eigenvalue weighted by atomic mass is 35.5. The third-order valence-electron chi connectivity index (χ3n) is 4.16.